The van der Waals surface area contributed by atoms with Crippen LogP contribution in [0.15, 0.2) is 119 Å². The fourth-order valence-corrected chi connectivity index (χ4v) is 6.62. The van der Waals surface area contributed by atoms with Gasteiger partial charge in [-0.2, -0.15) is 0 Å². The zero-order valence-electron chi connectivity index (χ0n) is 23.7. The van der Waals surface area contributed by atoms with E-state index in [0.29, 0.717) is 33.7 Å². The molecule has 0 heterocycles. The van der Waals surface area contributed by atoms with Gasteiger partial charge in [0.05, 0.1) is 10.6 Å². The summed E-state index contributed by atoms with van der Waals surface area (Å²) < 4.78 is 29.7. The molecule has 0 aliphatic rings. The van der Waals surface area contributed by atoms with Crippen molar-refractivity contribution in [2.45, 2.75) is 37.2 Å². The Hall–Kier alpha value is -3.66. The number of hydrogen-bond acceptors (Lipinski definition) is 4. The van der Waals surface area contributed by atoms with Crippen molar-refractivity contribution in [1.82, 2.24) is 10.2 Å². The van der Waals surface area contributed by atoms with Crippen LogP contribution in [0.1, 0.15) is 24.5 Å². The van der Waals surface area contributed by atoms with Gasteiger partial charge in [-0.1, -0.05) is 107 Å². The topological polar surface area (TPSA) is 86.8 Å². The normalized spacial score (nSPS) is 11.9. The Bertz CT molecular complexity index is 1640. The molecule has 1 atom stereocenters. The average molecular weight is 683 g/mol. The van der Waals surface area contributed by atoms with Crippen molar-refractivity contribution in [3.05, 3.63) is 130 Å². The molecule has 2 amide bonds. The van der Waals surface area contributed by atoms with Crippen LogP contribution in [-0.2, 0) is 32.6 Å². The first-order chi connectivity index (χ1) is 20.7. The van der Waals surface area contributed by atoms with Crippen molar-refractivity contribution in [2.75, 3.05) is 17.4 Å². The second kappa shape index (κ2) is 15.2. The number of nitrogens with one attached hydrogen (secondary N) is 1. The highest BCUT2D eigenvalue weighted by molar-refractivity contribution is 9.10. The van der Waals surface area contributed by atoms with Crippen LogP contribution >= 0.6 is 27.5 Å². The number of benzene rings is 4. The highest BCUT2D eigenvalue weighted by Crippen LogP contribution is 2.28. The molecule has 7 nitrogen and oxygen atoms in total. The number of hydrogen-bond donors (Lipinski definition) is 1. The number of amides is 2. The van der Waals surface area contributed by atoms with Crippen molar-refractivity contribution in [2.24, 2.45) is 0 Å². The molecule has 4 rings (SSSR count). The molecule has 0 aliphatic heterocycles. The van der Waals surface area contributed by atoms with Gasteiger partial charge >= 0.3 is 0 Å². The Kier molecular flexibility index (Phi) is 11.4. The average Bonchev–Trinajstić information content (AvgIpc) is 3.02. The maximum absolute atomic E-state index is 14.4. The van der Waals surface area contributed by atoms with E-state index in [1.165, 1.54) is 17.0 Å². The van der Waals surface area contributed by atoms with E-state index in [1.54, 1.807) is 66.7 Å². The smallest absolute Gasteiger partial charge is 0.264 e. The summed E-state index contributed by atoms with van der Waals surface area (Å²) in [4.78, 5) is 29.5. The van der Waals surface area contributed by atoms with E-state index in [1.807, 2.05) is 37.3 Å². The van der Waals surface area contributed by atoms with Gasteiger partial charge in [-0.05, 0) is 53.9 Å². The molecule has 4 aromatic carbocycles. The summed E-state index contributed by atoms with van der Waals surface area (Å²) in [6.45, 7) is 1.85. The summed E-state index contributed by atoms with van der Waals surface area (Å²) in [7, 11) is -4.16. The maximum Gasteiger partial charge on any atom is 0.264 e. The zero-order chi connectivity index (χ0) is 30.8. The number of carbonyl (C=O) groups excluding carboxylic acids is 2. The van der Waals surface area contributed by atoms with Crippen LogP contribution in [0.5, 0.6) is 0 Å². The van der Waals surface area contributed by atoms with Crippen LogP contribution in [0.4, 0.5) is 5.69 Å². The van der Waals surface area contributed by atoms with Crippen LogP contribution in [-0.4, -0.2) is 44.3 Å². The lowest BCUT2D eigenvalue weighted by Crippen LogP contribution is -2.53. The lowest BCUT2D eigenvalue weighted by Gasteiger charge is -2.34. The Morgan fingerprint density at radius 3 is 2.19 bits per heavy atom. The molecule has 0 aliphatic carbocycles. The predicted octanol–water partition coefficient (Wildman–Crippen LogP) is 6.46. The standard InChI is InChI=1S/C33H33BrClN3O4S/c1-2-20-36-33(40)31(21-25-12-5-3-6-13-25)37(23-26-14-9-10-19-30(26)35)32(39)24-38(28-16-11-15-27(34)22-28)43(41,42)29-17-7-4-8-18-29/h3-19,22,31H,2,20-21,23-24H2,1H3,(H,36,40)/t31-/m1/s1. The molecule has 43 heavy (non-hydrogen) atoms. The highest BCUT2D eigenvalue weighted by Gasteiger charge is 2.34. The third-order valence-electron chi connectivity index (χ3n) is 6.83. The predicted molar refractivity (Wildman–Crippen MR) is 174 cm³/mol. The monoisotopic (exact) mass is 681 g/mol. The molecule has 0 spiro atoms. The minimum Gasteiger partial charge on any atom is -0.354 e. The van der Waals surface area contributed by atoms with Gasteiger partial charge in [0.15, 0.2) is 0 Å². The van der Waals surface area contributed by atoms with Crippen molar-refractivity contribution >= 4 is 55.1 Å². The summed E-state index contributed by atoms with van der Waals surface area (Å²) in [5.74, 6) is -0.877. The first-order valence-corrected chi connectivity index (χ1v) is 16.5. The number of anilines is 1. The molecule has 0 unspecified atom stereocenters. The van der Waals surface area contributed by atoms with Crippen molar-refractivity contribution in [3.63, 3.8) is 0 Å². The number of rotatable bonds is 13. The van der Waals surface area contributed by atoms with Gasteiger partial charge in [0.1, 0.15) is 12.6 Å². The quantitative estimate of drug-likeness (QED) is 0.175. The van der Waals surface area contributed by atoms with Crippen LogP contribution in [0.25, 0.3) is 0 Å². The summed E-state index contributed by atoms with van der Waals surface area (Å²) >= 11 is 9.94. The molecule has 0 saturated carbocycles. The first-order valence-electron chi connectivity index (χ1n) is 13.9. The Morgan fingerprint density at radius 2 is 1.53 bits per heavy atom. The van der Waals surface area contributed by atoms with Crippen LogP contribution in [0, 0.1) is 0 Å². The van der Waals surface area contributed by atoms with Gasteiger partial charge in [-0.3, -0.25) is 13.9 Å². The van der Waals surface area contributed by atoms with Crippen molar-refractivity contribution in [1.29, 1.82) is 0 Å². The van der Waals surface area contributed by atoms with Crippen LogP contribution < -0.4 is 9.62 Å². The molecular weight excluding hydrogens is 650 g/mol. The van der Waals surface area contributed by atoms with Crippen LogP contribution in [0.2, 0.25) is 5.02 Å². The van der Waals surface area contributed by atoms with Gasteiger partial charge < -0.3 is 10.2 Å². The Morgan fingerprint density at radius 1 is 0.884 bits per heavy atom. The third-order valence-corrected chi connectivity index (χ3v) is 9.48. The molecule has 1 N–H and O–H groups in total. The third kappa shape index (κ3) is 8.46. The Balaban J connectivity index is 1.80. The molecule has 0 saturated heterocycles. The number of halogens is 2. The molecule has 224 valence electrons. The van der Waals surface area contributed by atoms with Crippen molar-refractivity contribution in [3.8, 4) is 0 Å². The molecule has 0 aromatic heterocycles. The second-order valence-electron chi connectivity index (χ2n) is 9.91. The van der Waals surface area contributed by atoms with E-state index >= 15 is 0 Å². The van der Waals surface area contributed by atoms with Gasteiger partial charge in [-0.25, -0.2) is 8.42 Å². The number of nitrogens with zero attached hydrogens (tertiary/aromatic N) is 2. The minimum absolute atomic E-state index is 0.00720. The number of sulfonamides is 1. The maximum atomic E-state index is 14.4. The Labute approximate surface area is 266 Å². The van der Waals surface area contributed by atoms with Crippen molar-refractivity contribution < 1.29 is 18.0 Å². The van der Waals surface area contributed by atoms with E-state index < -0.39 is 28.5 Å². The molecule has 0 bridgehead atoms. The SMILES string of the molecule is CCCNC(=O)[C@@H](Cc1ccccc1)N(Cc1ccccc1Cl)C(=O)CN(c1cccc(Br)c1)S(=O)(=O)c1ccccc1. The lowest BCUT2D eigenvalue weighted by molar-refractivity contribution is -0.140. The summed E-state index contributed by atoms with van der Waals surface area (Å²) in [5, 5.41) is 3.37. The zero-order valence-corrected chi connectivity index (χ0v) is 26.9. The highest BCUT2D eigenvalue weighted by atomic mass is 79.9. The summed E-state index contributed by atoms with van der Waals surface area (Å²) in [6.07, 6.45) is 0.948. The summed E-state index contributed by atoms with van der Waals surface area (Å²) in [5.41, 5.74) is 1.80. The molecule has 4 aromatic rings. The van der Waals surface area contributed by atoms with Gasteiger partial charge in [0, 0.05) is 29.0 Å². The van der Waals surface area contributed by atoms with E-state index in [2.05, 4.69) is 21.2 Å². The fourth-order valence-electron chi connectivity index (χ4n) is 4.61. The van der Waals surface area contributed by atoms with E-state index in [4.69, 9.17) is 11.6 Å². The van der Waals surface area contributed by atoms with Crippen LogP contribution in [0.3, 0.4) is 0 Å². The fraction of sp³-hybridized carbons (Fsp3) is 0.212. The lowest BCUT2D eigenvalue weighted by atomic mass is 10.0. The molecule has 10 heteroatoms. The van der Waals surface area contributed by atoms with E-state index in [9.17, 15) is 18.0 Å². The second-order valence-corrected chi connectivity index (χ2v) is 13.1. The molecular formula is C33H33BrClN3O4S. The van der Waals surface area contributed by atoms with Gasteiger partial charge in [-0.15, -0.1) is 0 Å². The van der Waals surface area contributed by atoms with Gasteiger partial charge in [0.2, 0.25) is 11.8 Å². The molecule has 0 radical (unpaired) electrons. The first kappa shape index (κ1) is 32.3. The van der Waals surface area contributed by atoms with E-state index in [-0.39, 0.29) is 23.8 Å². The summed E-state index contributed by atoms with van der Waals surface area (Å²) in [6, 6.07) is 30.3. The number of carbonyl (C=O) groups is 2. The van der Waals surface area contributed by atoms with E-state index in [0.717, 1.165) is 9.87 Å². The minimum atomic E-state index is -4.16. The largest absolute Gasteiger partial charge is 0.354 e. The van der Waals surface area contributed by atoms with Gasteiger partial charge in [0.25, 0.3) is 10.0 Å². The molecule has 0 fully saturated rings.